The fourth-order valence-electron chi connectivity index (χ4n) is 1.67. The summed E-state index contributed by atoms with van der Waals surface area (Å²) in [5, 5.41) is 9.41. The van der Waals surface area contributed by atoms with E-state index >= 15 is 0 Å². The molecule has 1 aliphatic heterocycles. The monoisotopic (exact) mass is 215 g/mol. The van der Waals surface area contributed by atoms with Crippen molar-refractivity contribution in [1.82, 2.24) is 4.90 Å². The summed E-state index contributed by atoms with van der Waals surface area (Å²) in [6.07, 6.45) is 0.236. The molecule has 0 aliphatic carbocycles. The van der Waals surface area contributed by atoms with E-state index in [1.54, 1.807) is 11.8 Å². The van der Waals surface area contributed by atoms with Gasteiger partial charge in [0.2, 0.25) is 0 Å². The largest absolute Gasteiger partial charge is 0.444 e. The number of ether oxygens (including phenoxy) is 1. The minimum Gasteiger partial charge on any atom is -0.444 e. The summed E-state index contributed by atoms with van der Waals surface area (Å²) in [7, 11) is 0. The summed E-state index contributed by atoms with van der Waals surface area (Å²) in [6.45, 7) is 8.62. The van der Waals surface area contributed by atoms with Crippen molar-refractivity contribution in [3.63, 3.8) is 0 Å². The average Bonchev–Trinajstić information content (AvgIpc) is 2.47. The third-order valence-corrected chi connectivity index (χ3v) is 2.56. The first-order valence-corrected chi connectivity index (χ1v) is 5.45. The van der Waals surface area contributed by atoms with Crippen molar-refractivity contribution in [2.75, 3.05) is 13.1 Å². The molecule has 4 heteroatoms. The fourth-order valence-corrected chi connectivity index (χ4v) is 1.67. The number of carbonyl (C=O) groups is 1. The van der Waals surface area contributed by atoms with E-state index in [9.17, 15) is 9.90 Å². The van der Waals surface area contributed by atoms with Crippen LogP contribution in [-0.2, 0) is 4.74 Å². The Hall–Kier alpha value is -0.770. The number of aliphatic hydroxyl groups is 1. The molecule has 2 atom stereocenters. The molecule has 1 heterocycles. The molecular weight excluding hydrogens is 194 g/mol. The number of carbonyl (C=O) groups excluding carboxylic acids is 1. The van der Waals surface area contributed by atoms with Gasteiger partial charge < -0.3 is 14.7 Å². The minimum atomic E-state index is -0.444. The van der Waals surface area contributed by atoms with Crippen LogP contribution >= 0.6 is 0 Å². The summed E-state index contributed by atoms with van der Waals surface area (Å²) < 4.78 is 5.26. The Morgan fingerprint density at radius 1 is 1.53 bits per heavy atom. The predicted octanol–water partition coefficient (Wildman–Crippen LogP) is 1.62. The molecule has 1 aliphatic rings. The van der Waals surface area contributed by atoms with Gasteiger partial charge in [-0.15, -0.1) is 0 Å². The molecule has 1 N–H and O–H groups in total. The number of amides is 1. The SMILES string of the molecule is C[C@H](O)[C@@H]1CCN(C(=O)OC(C)(C)C)C1. The van der Waals surface area contributed by atoms with E-state index in [0.29, 0.717) is 13.1 Å². The van der Waals surface area contributed by atoms with Gasteiger partial charge in [0.1, 0.15) is 5.60 Å². The van der Waals surface area contributed by atoms with Gasteiger partial charge in [0.15, 0.2) is 0 Å². The molecule has 1 amide bonds. The molecule has 15 heavy (non-hydrogen) atoms. The zero-order valence-corrected chi connectivity index (χ0v) is 9.99. The Labute approximate surface area is 91.2 Å². The molecule has 0 unspecified atom stereocenters. The van der Waals surface area contributed by atoms with Crippen LogP contribution in [0.3, 0.4) is 0 Å². The van der Waals surface area contributed by atoms with Crippen molar-refractivity contribution in [3.8, 4) is 0 Å². The minimum absolute atomic E-state index is 0.192. The molecule has 4 nitrogen and oxygen atoms in total. The van der Waals surface area contributed by atoms with Gasteiger partial charge >= 0.3 is 6.09 Å². The number of hydrogen-bond donors (Lipinski definition) is 1. The summed E-state index contributed by atoms with van der Waals surface area (Å²) in [5.41, 5.74) is -0.444. The van der Waals surface area contributed by atoms with Crippen LogP contribution in [0.2, 0.25) is 0 Å². The van der Waals surface area contributed by atoms with E-state index in [1.165, 1.54) is 0 Å². The highest BCUT2D eigenvalue weighted by Crippen LogP contribution is 2.21. The summed E-state index contributed by atoms with van der Waals surface area (Å²) >= 11 is 0. The maximum absolute atomic E-state index is 11.7. The Balaban J connectivity index is 2.44. The normalized spacial score (nSPS) is 24.1. The van der Waals surface area contributed by atoms with Gasteiger partial charge in [-0.25, -0.2) is 4.79 Å². The van der Waals surface area contributed by atoms with Gasteiger partial charge in [0.05, 0.1) is 6.10 Å². The molecule has 1 fully saturated rings. The first kappa shape index (κ1) is 12.3. The predicted molar refractivity (Wildman–Crippen MR) is 57.6 cm³/mol. The Bertz CT molecular complexity index is 232. The van der Waals surface area contributed by atoms with Crippen LogP contribution in [0.1, 0.15) is 34.1 Å². The van der Waals surface area contributed by atoms with Gasteiger partial charge in [0.25, 0.3) is 0 Å². The highest BCUT2D eigenvalue weighted by atomic mass is 16.6. The van der Waals surface area contributed by atoms with Gasteiger partial charge in [-0.3, -0.25) is 0 Å². The second kappa shape index (κ2) is 4.39. The first-order valence-electron chi connectivity index (χ1n) is 5.45. The quantitative estimate of drug-likeness (QED) is 0.723. The van der Waals surface area contributed by atoms with E-state index in [4.69, 9.17) is 4.74 Å². The van der Waals surface area contributed by atoms with E-state index in [1.807, 2.05) is 20.8 Å². The molecule has 0 bridgehead atoms. The molecule has 1 rings (SSSR count). The third kappa shape index (κ3) is 3.70. The standard InChI is InChI=1S/C11H21NO3/c1-8(13)9-5-6-12(7-9)10(14)15-11(2,3)4/h8-9,13H,5-7H2,1-4H3/t8-,9+/m0/s1. The van der Waals surface area contributed by atoms with Crippen molar-refractivity contribution in [2.45, 2.75) is 45.8 Å². The van der Waals surface area contributed by atoms with Gasteiger partial charge in [-0.1, -0.05) is 0 Å². The molecule has 88 valence electrons. The van der Waals surface area contributed by atoms with Crippen molar-refractivity contribution >= 4 is 6.09 Å². The van der Waals surface area contributed by atoms with Crippen molar-refractivity contribution in [3.05, 3.63) is 0 Å². The molecule has 0 aromatic heterocycles. The lowest BCUT2D eigenvalue weighted by Gasteiger charge is -2.24. The van der Waals surface area contributed by atoms with E-state index in [0.717, 1.165) is 6.42 Å². The Morgan fingerprint density at radius 2 is 2.13 bits per heavy atom. The highest BCUT2D eigenvalue weighted by Gasteiger charge is 2.31. The van der Waals surface area contributed by atoms with Gasteiger partial charge in [-0.2, -0.15) is 0 Å². The Morgan fingerprint density at radius 3 is 2.53 bits per heavy atom. The third-order valence-electron chi connectivity index (χ3n) is 2.56. The highest BCUT2D eigenvalue weighted by molar-refractivity contribution is 5.68. The van der Waals surface area contributed by atoms with E-state index in [2.05, 4.69) is 0 Å². The molecule has 0 aromatic carbocycles. The zero-order valence-electron chi connectivity index (χ0n) is 9.99. The number of hydrogen-bond acceptors (Lipinski definition) is 3. The van der Waals surface area contributed by atoms with Crippen molar-refractivity contribution in [1.29, 1.82) is 0 Å². The van der Waals surface area contributed by atoms with Crippen LogP contribution in [0.15, 0.2) is 0 Å². The number of aliphatic hydroxyl groups excluding tert-OH is 1. The number of likely N-dealkylation sites (tertiary alicyclic amines) is 1. The smallest absolute Gasteiger partial charge is 0.410 e. The van der Waals surface area contributed by atoms with Crippen molar-refractivity contribution in [2.24, 2.45) is 5.92 Å². The molecule has 0 spiro atoms. The van der Waals surface area contributed by atoms with Gasteiger partial charge in [-0.05, 0) is 34.1 Å². The van der Waals surface area contributed by atoms with Gasteiger partial charge in [0, 0.05) is 19.0 Å². The summed E-state index contributed by atoms with van der Waals surface area (Å²) in [5.74, 6) is 0.192. The van der Waals surface area contributed by atoms with Crippen molar-refractivity contribution < 1.29 is 14.6 Å². The maximum Gasteiger partial charge on any atom is 0.410 e. The number of nitrogens with zero attached hydrogens (tertiary/aromatic N) is 1. The first-order chi connectivity index (χ1) is 6.79. The molecule has 1 saturated heterocycles. The fraction of sp³-hybridized carbons (Fsp3) is 0.909. The zero-order chi connectivity index (χ0) is 11.6. The van der Waals surface area contributed by atoms with E-state index < -0.39 is 5.60 Å². The molecular formula is C11H21NO3. The summed E-state index contributed by atoms with van der Waals surface area (Å²) in [6, 6.07) is 0. The molecule has 0 aromatic rings. The Kier molecular flexibility index (Phi) is 3.60. The lowest BCUT2D eigenvalue weighted by atomic mass is 10.0. The van der Waals surface area contributed by atoms with Crippen LogP contribution in [0.25, 0.3) is 0 Å². The van der Waals surface area contributed by atoms with Crippen LogP contribution in [0.4, 0.5) is 4.79 Å². The van der Waals surface area contributed by atoms with Crippen LogP contribution in [0, 0.1) is 5.92 Å². The lowest BCUT2D eigenvalue weighted by Crippen LogP contribution is -2.36. The van der Waals surface area contributed by atoms with Crippen LogP contribution in [-0.4, -0.2) is 40.9 Å². The lowest BCUT2D eigenvalue weighted by molar-refractivity contribution is 0.0273. The average molecular weight is 215 g/mol. The second-order valence-corrected chi connectivity index (χ2v) is 5.22. The summed E-state index contributed by atoms with van der Waals surface area (Å²) in [4.78, 5) is 13.3. The maximum atomic E-state index is 11.7. The molecule has 0 radical (unpaired) electrons. The number of rotatable bonds is 1. The topological polar surface area (TPSA) is 49.8 Å². The van der Waals surface area contributed by atoms with E-state index in [-0.39, 0.29) is 18.1 Å². The molecule has 0 saturated carbocycles. The second-order valence-electron chi connectivity index (χ2n) is 5.22. The van der Waals surface area contributed by atoms with Crippen LogP contribution < -0.4 is 0 Å². The van der Waals surface area contributed by atoms with Crippen LogP contribution in [0.5, 0.6) is 0 Å².